The van der Waals surface area contributed by atoms with Crippen LogP contribution in [0.2, 0.25) is 0 Å². The third-order valence-corrected chi connectivity index (χ3v) is 2.79. The summed E-state index contributed by atoms with van der Waals surface area (Å²) in [5.41, 5.74) is 1.63. The minimum Gasteiger partial charge on any atom is -0.383 e. The van der Waals surface area contributed by atoms with Gasteiger partial charge in [0.1, 0.15) is 5.82 Å². The van der Waals surface area contributed by atoms with Gasteiger partial charge in [-0.1, -0.05) is 12.1 Å². The van der Waals surface area contributed by atoms with Crippen molar-refractivity contribution in [1.29, 1.82) is 0 Å². The first-order chi connectivity index (χ1) is 9.56. The van der Waals surface area contributed by atoms with E-state index in [0.717, 1.165) is 18.1 Å². The van der Waals surface area contributed by atoms with Crippen LogP contribution in [0.1, 0.15) is 25.0 Å². The Morgan fingerprint density at radius 1 is 1.43 bits per heavy atom. The largest absolute Gasteiger partial charge is 0.383 e. The summed E-state index contributed by atoms with van der Waals surface area (Å²) >= 11 is 0. The second-order valence-electron chi connectivity index (χ2n) is 4.78. The van der Waals surface area contributed by atoms with Gasteiger partial charge in [-0.25, -0.2) is 9.38 Å². The van der Waals surface area contributed by atoms with Crippen molar-refractivity contribution in [3.05, 3.63) is 35.1 Å². The molecule has 0 radical (unpaired) electrons. The van der Waals surface area contributed by atoms with Crippen LogP contribution in [0.15, 0.2) is 23.2 Å². The van der Waals surface area contributed by atoms with Crippen molar-refractivity contribution in [1.82, 2.24) is 10.6 Å². The standard InChI is InChI=1S/C15H24FN3O.HI/c1-5-17-15(19-12(3)10-20-4)18-9-13-6-7-14(16)11(2)8-13;/h6-8,12H,5,9-10H2,1-4H3,(H2,17,18,19);1H. The van der Waals surface area contributed by atoms with Crippen LogP contribution in [-0.4, -0.2) is 32.3 Å². The number of halogens is 2. The highest BCUT2D eigenvalue weighted by Gasteiger charge is 2.04. The van der Waals surface area contributed by atoms with Crippen molar-refractivity contribution in [2.24, 2.45) is 4.99 Å². The van der Waals surface area contributed by atoms with E-state index < -0.39 is 0 Å². The lowest BCUT2D eigenvalue weighted by Crippen LogP contribution is -2.43. The first-order valence-corrected chi connectivity index (χ1v) is 6.85. The Morgan fingerprint density at radius 2 is 2.14 bits per heavy atom. The minimum atomic E-state index is -0.184. The predicted octanol–water partition coefficient (Wildman–Crippen LogP) is 2.84. The topological polar surface area (TPSA) is 45.7 Å². The number of rotatable bonds is 6. The van der Waals surface area contributed by atoms with Crippen molar-refractivity contribution < 1.29 is 9.13 Å². The number of nitrogens with one attached hydrogen (secondary N) is 2. The van der Waals surface area contributed by atoms with Gasteiger partial charge in [-0.05, 0) is 38.0 Å². The van der Waals surface area contributed by atoms with Crippen LogP contribution in [-0.2, 0) is 11.3 Å². The molecular weight excluding hydrogens is 384 g/mol. The zero-order chi connectivity index (χ0) is 15.0. The highest BCUT2D eigenvalue weighted by atomic mass is 127. The molecule has 0 fully saturated rings. The molecule has 0 bridgehead atoms. The minimum absolute atomic E-state index is 0. The average Bonchev–Trinajstić information content (AvgIpc) is 2.40. The lowest BCUT2D eigenvalue weighted by Gasteiger charge is -2.17. The molecule has 0 aromatic heterocycles. The summed E-state index contributed by atoms with van der Waals surface area (Å²) in [5.74, 6) is 0.551. The number of ether oxygens (including phenoxy) is 1. The first kappa shape index (κ1) is 20.1. The molecule has 0 aliphatic heterocycles. The molecule has 6 heteroatoms. The smallest absolute Gasteiger partial charge is 0.191 e. The second-order valence-corrected chi connectivity index (χ2v) is 4.78. The van der Waals surface area contributed by atoms with E-state index in [9.17, 15) is 4.39 Å². The summed E-state index contributed by atoms with van der Waals surface area (Å²) in [5, 5.41) is 6.43. The van der Waals surface area contributed by atoms with Crippen molar-refractivity contribution >= 4 is 29.9 Å². The predicted molar refractivity (Wildman–Crippen MR) is 95.8 cm³/mol. The molecule has 21 heavy (non-hydrogen) atoms. The van der Waals surface area contributed by atoms with E-state index in [0.29, 0.717) is 18.7 Å². The molecule has 0 aliphatic rings. The van der Waals surface area contributed by atoms with Gasteiger partial charge in [0, 0.05) is 19.7 Å². The molecule has 0 amide bonds. The monoisotopic (exact) mass is 409 g/mol. The molecule has 2 N–H and O–H groups in total. The van der Waals surface area contributed by atoms with Crippen LogP contribution in [0.3, 0.4) is 0 Å². The van der Waals surface area contributed by atoms with E-state index in [4.69, 9.17) is 4.74 Å². The van der Waals surface area contributed by atoms with E-state index in [-0.39, 0.29) is 35.8 Å². The normalized spacial score (nSPS) is 12.5. The first-order valence-electron chi connectivity index (χ1n) is 6.85. The van der Waals surface area contributed by atoms with Gasteiger partial charge in [0.05, 0.1) is 13.2 Å². The van der Waals surface area contributed by atoms with Crippen LogP contribution in [0.25, 0.3) is 0 Å². The van der Waals surface area contributed by atoms with Crippen LogP contribution < -0.4 is 10.6 Å². The lowest BCUT2D eigenvalue weighted by molar-refractivity contribution is 0.179. The van der Waals surface area contributed by atoms with Crippen molar-refractivity contribution in [2.45, 2.75) is 33.4 Å². The highest BCUT2D eigenvalue weighted by Crippen LogP contribution is 2.10. The Hall–Kier alpha value is -0.890. The molecule has 1 unspecified atom stereocenters. The molecular formula is C15H25FIN3O. The Labute approximate surface area is 143 Å². The van der Waals surface area contributed by atoms with Crippen LogP contribution >= 0.6 is 24.0 Å². The zero-order valence-corrected chi connectivity index (χ0v) is 15.4. The van der Waals surface area contributed by atoms with Gasteiger partial charge in [-0.15, -0.1) is 24.0 Å². The molecule has 1 aromatic rings. The van der Waals surface area contributed by atoms with E-state index in [1.165, 1.54) is 6.07 Å². The fourth-order valence-electron chi connectivity index (χ4n) is 1.82. The summed E-state index contributed by atoms with van der Waals surface area (Å²) in [6, 6.07) is 5.23. The molecule has 1 atom stereocenters. The van der Waals surface area contributed by atoms with Gasteiger partial charge in [0.2, 0.25) is 0 Å². The molecule has 0 saturated heterocycles. The third kappa shape index (κ3) is 7.61. The molecule has 0 saturated carbocycles. The van der Waals surface area contributed by atoms with Gasteiger partial charge in [0.15, 0.2) is 5.96 Å². The maximum absolute atomic E-state index is 13.2. The molecule has 4 nitrogen and oxygen atoms in total. The highest BCUT2D eigenvalue weighted by molar-refractivity contribution is 14.0. The maximum Gasteiger partial charge on any atom is 0.191 e. The number of hydrogen-bond donors (Lipinski definition) is 2. The quantitative estimate of drug-likeness (QED) is 0.432. The summed E-state index contributed by atoms with van der Waals surface area (Å²) < 4.78 is 18.3. The Balaban J connectivity index is 0.00000400. The fourth-order valence-corrected chi connectivity index (χ4v) is 1.82. The summed E-state index contributed by atoms with van der Waals surface area (Å²) in [4.78, 5) is 4.49. The number of guanidine groups is 1. The van der Waals surface area contributed by atoms with Crippen LogP contribution in [0.5, 0.6) is 0 Å². The third-order valence-electron chi connectivity index (χ3n) is 2.79. The Morgan fingerprint density at radius 3 is 2.71 bits per heavy atom. The molecule has 0 heterocycles. The molecule has 0 spiro atoms. The summed E-state index contributed by atoms with van der Waals surface area (Å²) in [6.07, 6.45) is 0. The number of aliphatic imine (C=N–C) groups is 1. The maximum atomic E-state index is 13.2. The molecule has 0 aliphatic carbocycles. The van der Waals surface area contributed by atoms with E-state index in [1.807, 2.05) is 19.9 Å². The summed E-state index contributed by atoms with van der Waals surface area (Å²) in [6.45, 7) is 7.70. The molecule has 120 valence electrons. The summed E-state index contributed by atoms with van der Waals surface area (Å²) in [7, 11) is 1.67. The van der Waals surface area contributed by atoms with Crippen molar-refractivity contribution in [3.63, 3.8) is 0 Å². The molecule has 1 aromatic carbocycles. The average molecular weight is 409 g/mol. The second kappa shape index (κ2) is 10.8. The van der Waals surface area contributed by atoms with Gasteiger partial charge in [-0.2, -0.15) is 0 Å². The number of benzene rings is 1. The number of nitrogens with zero attached hydrogens (tertiary/aromatic N) is 1. The lowest BCUT2D eigenvalue weighted by atomic mass is 10.1. The van der Waals surface area contributed by atoms with Gasteiger partial charge >= 0.3 is 0 Å². The molecule has 1 rings (SSSR count). The van der Waals surface area contributed by atoms with Gasteiger partial charge in [-0.3, -0.25) is 0 Å². The number of methoxy groups -OCH3 is 1. The van der Waals surface area contributed by atoms with Gasteiger partial charge < -0.3 is 15.4 Å². The SMILES string of the molecule is CCNC(=NCc1ccc(F)c(C)c1)NC(C)COC.I. The number of aryl methyl sites for hydroxylation is 1. The van der Waals surface area contributed by atoms with Crippen molar-refractivity contribution in [3.8, 4) is 0 Å². The number of hydrogen-bond acceptors (Lipinski definition) is 2. The van der Waals surface area contributed by atoms with Crippen LogP contribution in [0, 0.1) is 12.7 Å². The van der Waals surface area contributed by atoms with Crippen LogP contribution in [0.4, 0.5) is 4.39 Å². The van der Waals surface area contributed by atoms with E-state index >= 15 is 0 Å². The Kier molecular flexibility index (Phi) is 10.3. The van der Waals surface area contributed by atoms with Crippen molar-refractivity contribution in [2.75, 3.05) is 20.3 Å². The fraction of sp³-hybridized carbons (Fsp3) is 0.533. The van der Waals surface area contributed by atoms with E-state index in [1.54, 1.807) is 20.1 Å². The van der Waals surface area contributed by atoms with E-state index in [2.05, 4.69) is 15.6 Å². The Bertz CT molecular complexity index is 455. The zero-order valence-electron chi connectivity index (χ0n) is 13.1. The van der Waals surface area contributed by atoms with Gasteiger partial charge in [0.25, 0.3) is 0 Å².